The molecule has 4 rings (SSSR count). The van der Waals surface area contributed by atoms with E-state index in [9.17, 15) is 13.2 Å². The van der Waals surface area contributed by atoms with Gasteiger partial charge in [-0.3, -0.25) is 4.79 Å². The number of fused-ring (bicyclic) bond motifs is 1. The molecule has 0 radical (unpaired) electrons. The number of hydrogen-bond donors (Lipinski definition) is 1. The van der Waals surface area contributed by atoms with Gasteiger partial charge in [0.05, 0.1) is 11.1 Å². The second kappa shape index (κ2) is 8.14. The lowest BCUT2D eigenvalue weighted by Gasteiger charge is -2.15. The molecule has 3 aromatic carbocycles. The summed E-state index contributed by atoms with van der Waals surface area (Å²) in [7, 11) is -3.48. The van der Waals surface area contributed by atoms with E-state index in [2.05, 4.69) is 10.5 Å². The third-order valence-electron chi connectivity index (χ3n) is 4.97. The number of hydrogen-bond acceptors (Lipinski definition) is 4. The average Bonchev–Trinajstić information content (AvgIpc) is 3.29. The normalized spacial score (nSPS) is 15.2. The molecule has 0 aliphatic carbocycles. The topological polar surface area (TPSA) is 78.8 Å². The van der Waals surface area contributed by atoms with E-state index >= 15 is 0 Å². The van der Waals surface area contributed by atoms with Crippen LogP contribution in [0.2, 0.25) is 0 Å². The van der Waals surface area contributed by atoms with Crippen LogP contribution in [-0.4, -0.2) is 37.9 Å². The molecule has 1 aliphatic rings. The summed E-state index contributed by atoms with van der Waals surface area (Å²) in [5.41, 5.74) is 3.70. The molecule has 1 amide bonds. The Morgan fingerprint density at radius 1 is 0.931 bits per heavy atom. The summed E-state index contributed by atoms with van der Waals surface area (Å²) in [6, 6.07) is 19.9. The third-order valence-corrected chi connectivity index (χ3v) is 6.89. The number of benzene rings is 3. The van der Waals surface area contributed by atoms with E-state index < -0.39 is 15.9 Å². The Hall–Kier alpha value is -3.03. The molecule has 0 spiro atoms. The predicted octanol–water partition coefficient (Wildman–Crippen LogP) is 3.39. The maximum Gasteiger partial charge on any atom is 0.271 e. The summed E-state index contributed by atoms with van der Waals surface area (Å²) in [6.45, 7) is 1.10. The summed E-state index contributed by atoms with van der Waals surface area (Å²) in [5.74, 6) is -0.396. The van der Waals surface area contributed by atoms with Crippen LogP contribution in [0.3, 0.4) is 0 Å². The fourth-order valence-corrected chi connectivity index (χ4v) is 4.89. The number of nitrogens with zero attached hydrogens (tertiary/aromatic N) is 2. The molecule has 6 nitrogen and oxygen atoms in total. The first-order chi connectivity index (χ1) is 14.0. The summed E-state index contributed by atoms with van der Waals surface area (Å²) in [5, 5.41) is 6.24. The Morgan fingerprint density at radius 3 is 2.34 bits per heavy atom. The number of rotatable bonds is 5. The van der Waals surface area contributed by atoms with Crippen molar-refractivity contribution in [3.8, 4) is 0 Å². The maximum atomic E-state index is 12.5. The molecule has 7 heteroatoms. The zero-order chi connectivity index (χ0) is 20.3. The van der Waals surface area contributed by atoms with Gasteiger partial charge in [-0.05, 0) is 59.5 Å². The van der Waals surface area contributed by atoms with Gasteiger partial charge in [-0.15, -0.1) is 0 Å². The molecule has 1 saturated heterocycles. The predicted molar refractivity (Wildman–Crippen MR) is 113 cm³/mol. The van der Waals surface area contributed by atoms with Crippen molar-refractivity contribution in [2.75, 3.05) is 13.1 Å². The second-order valence-electron chi connectivity index (χ2n) is 6.94. The van der Waals surface area contributed by atoms with Crippen LogP contribution in [-0.2, 0) is 10.0 Å². The van der Waals surface area contributed by atoms with Gasteiger partial charge in [0.2, 0.25) is 10.0 Å². The van der Waals surface area contributed by atoms with Crippen LogP contribution < -0.4 is 5.43 Å². The molecule has 3 aromatic rings. The van der Waals surface area contributed by atoms with Gasteiger partial charge < -0.3 is 0 Å². The van der Waals surface area contributed by atoms with E-state index in [0.717, 1.165) is 29.2 Å². The number of nitrogens with one attached hydrogen (secondary N) is 1. The number of sulfonamides is 1. The first kappa shape index (κ1) is 19.3. The Labute approximate surface area is 169 Å². The van der Waals surface area contributed by atoms with Crippen LogP contribution in [0.4, 0.5) is 0 Å². The molecule has 0 bridgehead atoms. The van der Waals surface area contributed by atoms with E-state index in [-0.39, 0.29) is 4.90 Å². The van der Waals surface area contributed by atoms with E-state index in [1.54, 1.807) is 6.21 Å². The maximum absolute atomic E-state index is 12.5. The lowest BCUT2D eigenvalue weighted by atomic mass is 10.1. The van der Waals surface area contributed by atoms with Crippen LogP contribution in [0.25, 0.3) is 10.8 Å². The molecule has 1 heterocycles. The molecule has 1 N–H and O–H groups in total. The van der Waals surface area contributed by atoms with Gasteiger partial charge in [0, 0.05) is 18.7 Å². The molecular formula is C22H21N3O3S. The smallest absolute Gasteiger partial charge is 0.267 e. The molecule has 29 heavy (non-hydrogen) atoms. The zero-order valence-corrected chi connectivity index (χ0v) is 16.6. The van der Waals surface area contributed by atoms with Gasteiger partial charge in [0.1, 0.15) is 0 Å². The van der Waals surface area contributed by atoms with Crippen molar-refractivity contribution in [3.63, 3.8) is 0 Å². The largest absolute Gasteiger partial charge is 0.271 e. The fourth-order valence-electron chi connectivity index (χ4n) is 3.37. The van der Waals surface area contributed by atoms with Gasteiger partial charge in [-0.25, -0.2) is 13.8 Å². The molecule has 1 fully saturated rings. The fraction of sp³-hybridized carbons (Fsp3) is 0.182. The zero-order valence-electron chi connectivity index (χ0n) is 15.8. The number of hydrazone groups is 1. The summed E-state index contributed by atoms with van der Waals surface area (Å²) < 4.78 is 26.6. The molecule has 1 aliphatic heterocycles. The standard InChI is InChI=1S/C22H21N3O3S/c26-22(24-23-16-17-7-8-18-5-1-2-6-20(18)15-17)19-9-11-21(12-10-19)29(27,28)25-13-3-4-14-25/h1-2,5-12,15-16H,3-4,13-14H2,(H,24,26)/b23-16-. The summed E-state index contributed by atoms with van der Waals surface area (Å²) >= 11 is 0. The Kier molecular flexibility index (Phi) is 5.42. The van der Waals surface area contributed by atoms with Gasteiger partial charge in [-0.1, -0.05) is 36.4 Å². The number of amides is 1. The minimum Gasteiger partial charge on any atom is -0.267 e. The van der Waals surface area contributed by atoms with Crippen molar-refractivity contribution in [1.29, 1.82) is 0 Å². The van der Waals surface area contributed by atoms with Crippen LogP contribution in [0.1, 0.15) is 28.8 Å². The first-order valence-electron chi connectivity index (χ1n) is 9.46. The SMILES string of the molecule is O=C(N/N=C\c1ccc2ccccc2c1)c1ccc(S(=O)(=O)N2CCCC2)cc1. The molecule has 148 valence electrons. The molecule has 0 unspecified atom stereocenters. The number of carbonyl (C=O) groups excluding carboxylic acids is 1. The highest BCUT2D eigenvalue weighted by molar-refractivity contribution is 7.89. The average molecular weight is 407 g/mol. The first-order valence-corrected chi connectivity index (χ1v) is 10.9. The monoisotopic (exact) mass is 407 g/mol. The van der Waals surface area contributed by atoms with Crippen molar-refractivity contribution < 1.29 is 13.2 Å². The Morgan fingerprint density at radius 2 is 1.62 bits per heavy atom. The minimum absolute atomic E-state index is 0.204. The number of carbonyl (C=O) groups is 1. The van der Waals surface area contributed by atoms with E-state index in [1.165, 1.54) is 28.6 Å². The van der Waals surface area contributed by atoms with Crippen LogP contribution in [0.5, 0.6) is 0 Å². The lowest BCUT2D eigenvalue weighted by Crippen LogP contribution is -2.28. The van der Waals surface area contributed by atoms with Crippen molar-refractivity contribution in [2.24, 2.45) is 5.10 Å². The molecular weight excluding hydrogens is 386 g/mol. The van der Waals surface area contributed by atoms with Gasteiger partial charge in [0.25, 0.3) is 5.91 Å². The van der Waals surface area contributed by atoms with Crippen molar-refractivity contribution >= 4 is 32.9 Å². The Bertz CT molecular complexity index is 1170. The van der Waals surface area contributed by atoms with Crippen LogP contribution in [0.15, 0.2) is 76.7 Å². The van der Waals surface area contributed by atoms with Crippen molar-refractivity contribution in [2.45, 2.75) is 17.7 Å². The highest BCUT2D eigenvalue weighted by atomic mass is 32.2. The Balaban J connectivity index is 1.42. The molecule has 0 atom stereocenters. The highest BCUT2D eigenvalue weighted by Gasteiger charge is 2.27. The van der Waals surface area contributed by atoms with Crippen molar-refractivity contribution in [1.82, 2.24) is 9.73 Å². The third kappa shape index (κ3) is 4.21. The van der Waals surface area contributed by atoms with Crippen LogP contribution in [0, 0.1) is 0 Å². The summed E-state index contributed by atoms with van der Waals surface area (Å²) in [6.07, 6.45) is 3.35. The van der Waals surface area contributed by atoms with Crippen molar-refractivity contribution in [3.05, 3.63) is 77.9 Å². The van der Waals surface area contributed by atoms with E-state index in [4.69, 9.17) is 0 Å². The van der Waals surface area contributed by atoms with Crippen LogP contribution >= 0.6 is 0 Å². The summed E-state index contributed by atoms with van der Waals surface area (Å²) in [4.78, 5) is 12.5. The second-order valence-corrected chi connectivity index (χ2v) is 8.88. The van der Waals surface area contributed by atoms with E-state index in [0.29, 0.717) is 18.7 Å². The van der Waals surface area contributed by atoms with Gasteiger partial charge in [-0.2, -0.15) is 9.41 Å². The van der Waals surface area contributed by atoms with Gasteiger partial charge >= 0.3 is 0 Å². The highest BCUT2D eigenvalue weighted by Crippen LogP contribution is 2.21. The molecule has 0 saturated carbocycles. The lowest BCUT2D eigenvalue weighted by molar-refractivity contribution is 0.0955. The minimum atomic E-state index is -3.48. The van der Waals surface area contributed by atoms with E-state index in [1.807, 2.05) is 42.5 Å². The quantitative estimate of drug-likeness (QED) is 0.520. The van der Waals surface area contributed by atoms with Gasteiger partial charge in [0.15, 0.2) is 0 Å². The molecule has 0 aromatic heterocycles.